The van der Waals surface area contributed by atoms with Gasteiger partial charge in [0.1, 0.15) is 12.1 Å². The van der Waals surface area contributed by atoms with Crippen LogP contribution < -0.4 is 5.73 Å². The third-order valence-corrected chi connectivity index (χ3v) is 5.53. The van der Waals surface area contributed by atoms with E-state index in [9.17, 15) is 10.1 Å². The van der Waals surface area contributed by atoms with E-state index in [0.717, 1.165) is 22.3 Å². The number of anilines is 1. The van der Waals surface area contributed by atoms with E-state index in [1.54, 1.807) is 6.07 Å². The van der Waals surface area contributed by atoms with Crippen LogP contribution in [0.3, 0.4) is 0 Å². The van der Waals surface area contributed by atoms with Crippen molar-refractivity contribution in [2.75, 3.05) is 5.73 Å². The zero-order chi connectivity index (χ0) is 25.4. The summed E-state index contributed by atoms with van der Waals surface area (Å²) in [4.78, 5) is 16.8. The molecule has 8 nitrogen and oxygen atoms in total. The molecule has 2 aromatic carbocycles. The predicted octanol–water partition coefficient (Wildman–Crippen LogP) is 6.80. The van der Waals surface area contributed by atoms with Crippen molar-refractivity contribution >= 4 is 33.2 Å². The lowest BCUT2D eigenvalue weighted by atomic mass is 9.92. The monoisotopic (exact) mass is 472 g/mol. The first kappa shape index (κ1) is 26.9. The Morgan fingerprint density at radius 1 is 0.800 bits per heavy atom. The number of nitrogens with one attached hydrogen (secondary N) is 2. The van der Waals surface area contributed by atoms with Gasteiger partial charge in [0.2, 0.25) is 0 Å². The van der Waals surface area contributed by atoms with Gasteiger partial charge in [-0.25, -0.2) is 0 Å². The van der Waals surface area contributed by atoms with E-state index in [2.05, 4.69) is 42.9 Å². The molecule has 0 aliphatic carbocycles. The number of hydrogen-bond donors (Lipinski definition) is 3. The Morgan fingerprint density at radius 3 is 1.63 bits per heavy atom. The molecule has 0 atom stereocenters. The minimum absolute atomic E-state index is 0. The third kappa shape index (κ3) is 5.62. The van der Waals surface area contributed by atoms with Crippen LogP contribution in [0.4, 0.5) is 11.4 Å². The quantitative estimate of drug-likeness (QED) is 0.158. The van der Waals surface area contributed by atoms with Crippen LogP contribution in [0.5, 0.6) is 0 Å². The molecule has 8 heteroatoms. The van der Waals surface area contributed by atoms with Gasteiger partial charge in [-0.05, 0) is 24.3 Å². The van der Waals surface area contributed by atoms with Crippen molar-refractivity contribution in [1.29, 1.82) is 10.5 Å². The number of non-ortho nitro benzene ring substituents is 1. The van der Waals surface area contributed by atoms with E-state index in [4.69, 9.17) is 16.3 Å². The molecule has 0 saturated carbocycles. The molecule has 0 saturated heterocycles. The number of aromatic nitrogens is 2. The van der Waals surface area contributed by atoms with Gasteiger partial charge in [0.15, 0.2) is 0 Å². The lowest BCUT2D eigenvalue weighted by molar-refractivity contribution is -0.384. The summed E-state index contributed by atoms with van der Waals surface area (Å²) >= 11 is 0. The number of nitrogens with two attached hydrogens (primary N) is 1. The molecule has 4 rings (SSSR count). The number of hydrogen-bond acceptors (Lipinski definition) is 5. The van der Waals surface area contributed by atoms with E-state index >= 15 is 0 Å². The van der Waals surface area contributed by atoms with Crippen molar-refractivity contribution in [2.24, 2.45) is 0 Å². The Hall–Kier alpha value is -4.30. The summed E-state index contributed by atoms with van der Waals surface area (Å²) in [5, 5.41) is 30.6. The SMILES string of the molecule is C.CC(C)(C)c1cc2cc(N)cc(C#N)c2[nH]1.CC(C)(C)c1cc2cc([N+](=O)[O-])cc(C#N)c2[nH]1. The number of nitrogens with zero attached hydrogens (tertiary/aromatic N) is 3. The van der Waals surface area contributed by atoms with Gasteiger partial charge in [0, 0.05) is 50.8 Å². The Kier molecular flexibility index (Phi) is 7.33. The van der Waals surface area contributed by atoms with Gasteiger partial charge < -0.3 is 15.7 Å². The van der Waals surface area contributed by atoms with Crippen LogP contribution in [0, 0.1) is 32.8 Å². The minimum Gasteiger partial charge on any atom is -0.399 e. The van der Waals surface area contributed by atoms with E-state index in [-0.39, 0.29) is 23.9 Å². The summed E-state index contributed by atoms with van der Waals surface area (Å²) in [5.41, 5.74) is 10.8. The number of benzene rings is 2. The number of fused-ring (bicyclic) bond motifs is 2. The second kappa shape index (κ2) is 9.52. The topological polar surface area (TPSA) is 148 Å². The van der Waals surface area contributed by atoms with Crippen molar-refractivity contribution in [1.82, 2.24) is 9.97 Å². The number of aromatic amines is 2. The average molecular weight is 473 g/mol. The fourth-order valence-corrected chi connectivity index (χ4v) is 3.59. The largest absolute Gasteiger partial charge is 0.399 e. The van der Waals surface area contributed by atoms with Crippen LogP contribution >= 0.6 is 0 Å². The second-order valence-electron chi connectivity index (χ2n) is 10.3. The summed E-state index contributed by atoms with van der Waals surface area (Å²) in [5.74, 6) is 0. The normalized spacial score (nSPS) is 11.2. The van der Waals surface area contributed by atoms with Gasteiger partial charge in [0.25, 0.3) is 5.69 Å². The van der Waals surface area contributed by atoms with Crippen molar-refractivity contribution in [3.63, 3.8) is 0 Å². The number of nitro groups is 1. The Morgan fingerprint density at radius 2 is 1.23 bits per heavy atom. The molecule has 2 aromatic heterocycles. The Balaban J connectivity index is 0.000000241. The molecule has 35 heavy (non-hydrogen) atoms. The summed E-state index contributed by atoms with van der Waals surface area (Å²) in [7, 11) is 0. The summed E-state index contributed by atoms with van der Waals surface area (Å²) < 4.78 is 0. The summed E-state index contributed by atoms with van der Waals surface area (Å²) in [6, 6.07) is 14.5. The molecular weight excluding hydrogens is 440 g/mol. The molecular formula is C27H32N6O2. The number of rotatable bonds is 1. The minimum atomic E-state index is -0.482. The Labute approximate surface area is 205 Å². The zero-order valence-corrected chi connectivity index (χ0v) is 20.2. The molecule has 0 radical (unpaired) electrons. The van der Waals surface area contributed by atoms with E-state index in [1.165, 1.54) is 12.1 Å². The van der Waals surface area contributed by atoms with Crippen LogP contribution in [0.1, 0.15) is 71.5 Å². The van der Waals surface area contributed by atoms with Gasteiger partial charge >= 0.3 is 0 Å². The molecule has 0 aliphatic heterocycles. The van der Waals surface area contributed by atoms with E-state index < -0.39 is 4.92 Å². The molecule has 0 bridgehead atoms. The van der Waals surface area contributed by atoms with Crippen LogP contribution in [-0.4, -0.2) is 14.9 Å². The highest BCUT2D eigenvalue weighted by Crippen LogP contribution is 2.31. The van der Waals surface area contributed by atoms with Crippen LogP contribution in [0.15, 0.2) is 36.4 Å². The molecule has 0 spiro atoms. The molecule has 4 N–H and O–H groups in total. The lowest BCUT2D eigenvalue weighted by Gasteiger charge is -2.15. The number of nitriles is 2. The first-order chi connectivity index (χ1) is 15.7. The summed E-state index contributed by atoms with van der Waals surface area (Å²) in [6.45, 7) is 12.5. The smallest absolute Gasteiger partial charge is 0.271 e. The molecule has 2 heterocycles. The highest BCUT2D eigenvalue weighted by Gasteiger charge is 2.20. The maximum atomic E-state index is 10.8. The van der Waals surface area contributed by atoms with Crippen LogP contribution in [0.2, 0.25) is 0 Å². The number of nitrogen functional groups attached to an aromatic ring is 1. The highest BCUT2D eigenvalue weighted by atomic mass is 16.6. The second-order valence-corrected chi connectivity index (χ2v) is 10.3. The van der Waals surface area contributed by atoms with Crippen LogP contribution in [0.25, 0.3) is 21.8 Å². The van der Waals surface area contributed by atoms with E-state index in [1.807, 2.05) is 39.0 Å². The fourth-order valence-electron chi connectivity index (χ4n) is 3.59. The standard InChI is InChI=1S/C13H13N3O2.C13H15N3.CH4/c1-13(2,3)11-6-8-4-10(16(17)18)5-9(7-14)12(8)15-11;1-13(2,3)11-6-8-4-10(15)5-9(7-14)12(8)16-11;/h4-6,15H,1-3H3;4-6,16H,15H2,1-3H3;1H4. The van der Waals surface area contributed by atoms with Gasteiger partial charge in [0.05, 0.1) is 27.1 Å². The first-order valence-electron chi connectivity index (χ1n) is 10.8. The van der Waals surface area contributed by atoms with Crippen LogP contribution in [-0.2, 0) is 10.8 Å². The first-order valence-corrected chi connectivity index (χ1v) is 10.8. The molecule has 0 unspecified atom stereocenters. The predicted molar refractivity (Wildman–Crippen MR) is 141 cm³/mol. The van der Waals surface area contributed by atoms with Gasteiger partial charge in [-0.3, -0.25) is 10.1 Å². The summed E-state index contributed by atoms with van der Waals surface area (Å²) in [6.07, 6.45) is 0. The highest BCUT2D eigenvalue weighted by molar-refractivity contribution is 5.89. The number of nitro benzene ring substituents is 1. The van der Waals surface area contributed by atoms with Gasteiger partial charge in [-0.15, -0.1) is 0 Å². The van der Waals surface area contributed by atoms with Crippen molar-refractivity contribution in [3.05, 3.63) is 69.0 Å². The molecule has 4 aromatic rings. The molecule has 0 fully saturated rings. The fraction of sp³-hybridized carbons (Fsp3) is 0.333. The Bertz CT molecular complexity index is 1480. The van der Waals surface area contributed by atoms with Gasteiger partial charge in [-0.2, -0.15) is 10.5 Å². The van der Waals surface area contributed by atoms with Crippen molar-refractivity contribution < 1.29 is 4.92 Å². The maximum Gasteiger partial charge on any atom is 0.271 e. The van der Waals surface area contributed by atoms with Gasteiger partial charge in [-0.1, -0.05) is 49.0 Å². The molecule has 0 aliphatic rings. The lowest BCUT2D eigenvalue weighted by Crippen LogP contribution is -2.11. The maximum absolute atomic E-state index is 10.8. The zero-order valence-electron chi connectivity index (χ0n) is 20.2. The number of H-pyrrole nitrogens is 2. The van der Waals surface area contributed by atoms with E-state index in [0.29, 0.717) is 27.7 Å². The average Bonchev–Trinajstić information content (AvgIpc) is 3.36. The van der Waals surface area contributed by atoms with Crippen molar-refractivity contribution in [3.8, 4) is 12.1 Å². The third-order valence-electron chi connectivity index (χ3n) is 5.53. The molecule has 182 valence electrons. The molecule has 0 amide bonds. The van der Waals surface area contributed by atoms with Crippen molar-refractivity contribution in [2.45, 2.75) is 59.8 Å².